The van der Waals surface area contributed by atoms with Crippen LogP contribution < -0.4 is 5.32 Å². The summed E-state index contributed by atoms with van der Waals surface area (Å²) in [6.07, 6.45) is 4.10. The van der Waals surface area contributed by atoms with Crippen molar-refractivity contribution in [1.29, 1.82) is 0 Å². The number of hydrogen-bond acceptors (Lipinski definition) is 5. The Balaban J connectivity index is 1.67. The van der Waals surface area contributed by atoms with Crippen LogP contribution in [0.15, 0.2) is 66.3 Å². The van der Waals surface area contributed by atoms with Gasteiger partial charge in [0.15, 0.2) is 5.69 Å². The highest BCUT2D eigenvalue weighted by Gasteiger charge is 2.22. The largest absolute Gasteiger partial charge is 0.350 e. The van der Waals surface area contributed by atoms with Gasteiger partial charge in [0.1, 0.15) is 5.69 Å². The van der Waals surface area contributed by atoms with E-state index in [0.717, 1.165) is 12.0 Å². The first-order chi connectivity index (χ1) is 13.7. The molecule has 0 saturated carbocycles. The molecule has 0 aliphatic carbocycles. The van der Waals surface area contributed by atoms with Crippen molar-refractivity contribution in [3.63, 3.8) is 0 Å². The van der Waals surface area contributed by atoms with E-state index in [0.29, 0.717) is 22.9 Å². The first kappa shape index (κ1) is 18.3. The number of halogens is 1. The summed E-state index contributed by atoms with van der Waals surface area (Å²) in [6.45, 7) is 0.522. The number of rotatable bonds is 6. The number of thiophene rings is 1. The molecule has 0 atom stereocenters. The van der Waals surface area contributed by atoms with Gasteiger partial charge in [0.05, 0.1) is 10.7 Å². The second-order valence-corrected chi connectivity index (χ2v) is 7.41. The third-order valence-electron chi connectivity index (χ3n) is 4.16. The van der Waals surface area contributed by atoms with Crippen LogP contribution in [0.25, 0.3) is 16.9 Å². The van der Waals surface area contributed by atoms with Crippen molar-refractivity contribution in [2.45, 2.75) is 6.42 Å². The van der Waals surface area contributed by atoms with E-state index < -0.39 is 0 Å². The quantitative estimate of drug-likeness (QED) is 0.522. The van der Waals surface area contributed by atoms with E-state index in [4.69, 9.17) is 11.6 Å². The average Bonchev–Trinajstić information content (AvgIpc) is 3.39. The summed E-state index contributed by atoms with van der Waals surface area (Å²) < 4.78 is 1.59. The lowest BCUT2D eigenvalue weighted by Gasteiger charge is -2.10. The molecular weight excluding hydrogens is 394 g/mol. The molecule has 140 valence electrons. The Labute approximate surface area is 170 Å². The molecule has 0 radical (unpaired) electrons. The van der Waals surface area contributed by atoms with Crippen LogP contribution in [0, 0.1) is 0 Å². The Morgan fingerprint density at radius 2 is 1.93 bits per heavy atom. The van der Waals surface area contributed by atoms with Gasteiger partial charge in [-0.15, -0.1) is 16.4 Å². The topological polar surface area (TPSA) is 72.7 Å². The number of carbonyl (C=O) groups is 1. The highest BCUT2D eigenvalue weighted by molar-refractivity contribution is 7.09. The van der Waals surface area contributed by atoms with Crippen molar-refractivity contribution < 1.29 is 4.79 Å². The van der Waals surface area contributed by atoms with E-state index in [9.17, 15) is 4.79 Å². The van der Waals surface area contributed by atoms with E-state index in [-0.39, 0.29) is 11.6 Å². The molecule has 1 N–H and O–H groups in total. The lowest BCUT2D eigenvalue weighted by Crippen LogP contribution is -2.26. The fraction of sp³-hybridized carbons (Fsp3) is 0.100. The smallest absolute Gasteiger partial charge is 0.274 e. The van der Waals surface area contributed by atoms with Gasteiger partial charge in [0.25, 0.3) is 5.91 Å². The van der Waals surface area contributed by atoms with Crippen LogP contribution in [0.1, 0.15) is 15.4 Å². The first-order valence-corrected chi connectivity index (χ1v) is 9.91. The zero-order valence-corrected chi connectivity index (χ0v) is 16.3. The van der Waals surface area contributed by atoms with Gasteiger partial charge in [-0.05, 0) is 42.1 Å². The van der Waals surface area contributed by atoms with Crippen molar-refractivity contribution in [3.8, 4) is 16.9 Å². The van der Waals surface area contributed by atoms with E-state index >= 15 is 0 Å². The Kier molecular flexibility index (Phi) is 5.45. The summed E-state index contributed by atoms with van der Waals surface area (Å²) in [4.78, 5) is 18.1. The Bertz CT molecular complexity index is 1080. The number of carbonyl (C=O) groups excluding carboxylic acids is 1. The molecule has 4 aromatic rings. The van der Waals surface area contributed by atoms with E-state index in [1.54, 1.807) is 34.5 Å². The number of nitrogens with zero attached hydrogens (tertiary/aromatic N) is 4. The van der Waals surface area contributed by atoms with Gasteiger partial charge < -0.3 is 5.32 Å². The van der Waals surface area contributed by atoms with Crippen LogP contribution in [0.3, 0.4) is 0 Å². The third-order valence-corrected chi connectivity index (χ3v) is 5.41. The lowest BCUT2D eigenvalue weighted by molar-refractivity contribution is 0.0950. The molecule has 0 saturated heterocycles. The second kappa shape index (κ2) is 8.33. The summed E-state index contributed by atoms with van der Waals surface area (Å²) in [7, 11) is 0. The van der Waals surface area contributed by atoms with Crippen LogP contribution in [0.4, 0.5) is 0 Å². The minimum atomic E-state index is -0.276. The first-order valence-electron chi connectivity index (χ1n) is 8.65. The van der Waals surface area contributed by atoms with Gasteiger partial charge in [0.2, 0.25) is 0 Å². The van der Waals surface area contributed by atoms with E-state index in [2.05, 4.69) is 20.6 Å². The Morgan fingerprint density at radius 1 is 1.11 bits per heavy atom. The normalized spacial score (nSPS) is 10.8. The Morgan fingerprint density at radius 3 is 2.68 bits per heavy atom. The number of benzene rings is 1. The summed E-state index contributed by atoms with van der Waals surface area (Å²) >= 11 is 8.02. The Hall–Kier alpha value is -3.03. The van der Waals surface area contributed by atoms with Gasteiger partial charge in [-0.2, -0.15) is 0 Å². The van der Waals surface area contributed by atoms with E-state index in [1.807, 2.05) is 47.8 Å². The van der Waals surface area contributed by atoms with Gasteiger partial charge in [0, 0.05) is 29.4 Å². The minimum absolute atomic E-state index is 0.247. The van der Waals surface area contributed by atoms with Gasteiger partial charge in [-0.1, -0.05) is 35.0 Å². The molecular formula is C20H16ClN5OS. The minimum Gasteiger partial charge on any atom is -0.350 e. The molecule has 0 unspecified atom stereocenters. The summed E-state index contributed by atoms with van der Waals surface area (Å²) in [5, 5.41) is 13.8. The zero-order valence-electron chi connectivity index (χ0n) is 14.7. The SMILES string of the molecule is O=C(NCCc1cccs1)c1nnn(-c2ccccc2Cl)c1-c1ccncc1. The van der Waals surface area contributed by atoms with E-state index in [1.165, 1.54) is 4.88 Å². The second-order valence-electron chi connectivity index (χ2n) is 5.97. The lowest BCUT2D eigenvalue weighted by atomic mass is 10.1. The molecule has 0 spiro atoms. The molecule has 1 amide bonds. The molecule has 28 heavy (non-hydrogen) atoms. The number of amides is 1. The van der Waals surface area contributed by atoms with Crippen molar-refractivity contribution in [2.24, 2.45) is 0 Å². The fourth-order valence-electron chi connectivity index (χ4n) is 2.83. The van der Waals surface area contributed by atoms with Crippen LogP contribution >= 0.6 is 22.9 Å². The highest BCUT2D eigenvalue weighted by atomic mass is 35.5. The fourth-order valence-corrected chi connectivity index (χ4v) is 3.76. The standard InChI is InChI=1S/C20H16ClN5OS/c21-16-5-1-2-6-17(16)26-19(14-7-10-22-11-8-14)18(24-25-26)20(27)23-12-9-15-4-3-13-28-15/h1-8,10-11,13H,9,12H2,(H,23,27). The average molecular weight is 410 g/mol. The number of hydrogen-bond donors (Lipinski definition) is 1. The molecule has 4 rings (SSSR count). The maximum atomic E-state index is 12.8. The predicted molar refractivity (Wildman–Crippen MR) is 110 cm³/mol. The number of pyridine rings is 1. The molecule has 3 aromatic heterocycles. The van der Waals surface area contributed by atoms with Crippen molar-refractivity contribution in [3.05, 3.63) is 81.9 Å². The number of nitrogens with one attached hydrogen (secondary N) is 1. The molecule has 8 heteroatoms. The summed E-state index contributed by atoms with van der Waals surface area (Å²) in [6, 6.07) is 15.0. The van der Waals surface area contributed by atoms with Gasteiger partial charge >= 0.3 is 0 Å². The molecule has 1 aromatic carbocycles. The molecule has 0 bridgehead atoms. The molecule has 6 nitrogen and oxygen atoms in total. The van der Waals surface area contributed by atoms with Gasteiger partial charge in [-0.25, -0.2) is 4.68 Å². The van der Waals surface area contributed by atoms with Crippen LogP contribution in [-0.2, 0) is 6.42 Å². The summed E-state index contributed by atoms with van der Waals surface area (Å²) in [5.74, 6) is -0.276. The number of para-hydroxylation sites is 1. The molecule has 0 fully saturated rings. The van der Waals surface area contributed by atoms with Crippen LogP contribution in [0.2, 0.25) is 5.02 Å². The zero-order chi connectivity index (χ0) is 19.3. The summed E-state index contributed by atoms with van der Waals surface area (Å²) in [5.41, 5.74) is 2.26. The monoisotopic (exact) mass is 409 g/mol. The van der Waals surface area contributed by atoms with Crippen molar-refractivity contribution >= 4 is 28.8 Å². The van der Waals surface area contributed by atoms with Crippen LogP contribution in [0.5, 0.6) is 0 Å². The molecule has 3 heterocycles. The highest BCUT2D eigenvalue weighted by Crippen LogP contribution is 2.28. The van der Waals surface area contributed by atoms with Gasteiger partial charge in [-0.3, -0.25) is 9.78 Å². The molecule has 0 aliphatic heterocycles. The molecule has 0 aliphatic rings. The maximum absolute atomic E-state index is 12.8. The number of aromatic nitrogens is 4. The predicted octanol–water partition coefficient (Wildman–Crippen LogP) is 4.02. The van der Waals surface area contributed by atoms with Crippen molar-refractivity contribution in [1.82, 2.24) is 25.3 Å². The maximum Gasteiger partial charge on any atom is 0.274 e. The van der Waals surface area contributed by atoms with Crippen LogP contribution in [-0.4, -0.2) is 32.4 Å². The third kappa shape index (κ3) is 3.81. The van der Waals surface area contributed by atoms with Crippen molar-refractivity contribution in [2.75, 3.05) is 6.54 Å².